The van der Waals surface area contributed by atoms with Crippen LogP contribution in [0.4, 0.5) is 19.8 Å². The van der Waals surface area contributed by atoms with Gasteiger partial charge >= 0.3 is 12.1 Å². The minimum atomic E-state index is -1.03. The molecule has 0 aliphatic carbocycles. The maximum absolute atomic E-state index is 14.3. The summed E-state index contributed by atoms with van der Waals surface area (Å²) in [5.41, 5.74) is 2.31. The van der Waals surface area contributed by atoms with Crippen LogP contribution in [0.15, 0.2) is 12.1 Å². The molecule has 2 atom stereocenters. The molecule has 9 nitrogen and oxygen atoms in total. The number of rotatable bonds is 2. The molecule has 2 aliphatic rings. The summed E-state index contributed by atoms with van der Waals surface area (Å²) in [4.78, 5) is 28.6. The monoisotopic (exact) mass is 459 g/mol. The summed E-state index contributed by atoms with van der Waals surface area (Å²) in [6, 6.07) is 2.44. The number of benzene rings is 1. The number of carbonyl (C=O) groups excluding carboxylic acids is 2. The SMILES string of the molecule is Cc1cc(-n2nc3c(c2N2C[C@H](O)NC2=O)[C@H](C)N(C(=O)OC(C)(C)C)CC3)cc(C)c1F. The van der Waals surface area contributed by atoms with Crippen LogP contribution in [-0.4, -0.2) is 56.8 Å². The topological polar surface area (TPSA) is 99.9 Å². The van der Waals surface area contributed by atoms with Crippen molar-refractivity contribution in [2.75, 3.05) is 18.0 Å². The van der Waals surface area contributed by atoms with Crippen LogP contribution in [0.1, 0.15) is 56.1 Å². The van der Waals surface area contributed by atoms with E-state index in [1.807, 2.05) is 27.7 Å². The average molecular weight is 460 g/mol. The number of aromatic nitrogens is 2. The molecule has 1 fully saturated rings. The predicted molar refractivity (Wildman–Crippen MR) is 120 cm³/mol. The number of fused-ring (bicyclic) bond motifs is 1. The normalized spacial score (nSPS) is 20.7. The van der Waals surface area contributed by atoms with Crippen molar-refractivity contribution in [2.45, 2.75) is 65.8 Å². The number of carbonyl (C=O) groups is 2. The lowest BCUT2D eigenvalue weighted by molar-refractivity contribution is 0.0159. The molecule has 10 heteroatoms. The highest BCUT2D eigenvalue weighted by Crippen LogP contribution is 2.40. The van der Waals surface area contributed by atoms with Gasteiger partial charge in [-0.05, 0) is 64.8 Å². The highest BCUT2D eigenvalue weighted by molar-refractivity contribution is 5.95. The first-order chi connectivity index (χ1) is 15.4. The Morgan fingerprint density at radius 2 is 1.91 bits per heavy atom. The van der Waals surface area contributed by atoms with E-state index in [1.54, 1.807) is 35.6 Å². The zero-order chi connectivity index (χ0) is 24.2. The Morgan fingerprint density at radius 3 is 2.45 bits per heavy atom. The number of aliphatic hydroxyl groups excluding tert-OH is 1. The molecule has 178 valence electrons. The first kappa shape index (κ1) is 23.0. The number of hydrogen-bond donors (Lipinski definition) is 2. The molecule has 1 aromatic heterocycles. The standard InChI is InChI=1S/C23H30FN5O4/c1-12-9-15(10-13(2)19(12)24)29-20(28-11-17(30)25-21(28)31)18-14(3)27(8-7-16(18)26-29)22(32)33-23(4,5)6/h9-10,14,17,30H,7-8,11H2,1-6H3,(H,25,31)/t14-,17-/m0/s1. The molecule has 4 rings (SSSR count). The Hall–Kier alpha value is -3.14. The first-order valence-corrected chi connectivity index (χ1v) is 11.0. The predicted octanol–water partition coefficient (Wildman–Crippen LogP) is 3.33. The van der Waals surface area contributed by atoms with E-state index < -0.39 is 30.0 Å². The zero-order valence-electron chi connectivity index (χ0n) is 19.8. The lowest BCUT2D eigenvalue weighted by Crippen LogP contribution is -2.42. The van der Waals surface area contributed by atoms with Gasteiger partial charge in [0.25, 0.3) is 0 Å². The van der Waals surface area contributed by atoms with E-state index in [1.165, 1.54) is 4.90 Å². The molecule has 0 spiro atoms. The van der Waals surface area contributed by atoms with E-state index in [2.05, 4.69) is 5.32 Å². The fraction of sp³-hybridized carbons (Fsp3) is 0.522. The van der Waals surface area contributed by atoms with Gasteiger partial charge in [0.15, 0.2) is 0 Å². The van der Waals surface area contributed by atoms with Crippen LogP contribution in [0.5, 0.6) is 0 Å². The van der Waals surface area contributed by atoms with Crippen molar-refractivity contribution >= 4 is 17.9 Å². The van der Waals surface area contributed by atoms with E-state index >= 15 is 0 Å². The first-order valence-electron chi connectivity index (χ1n) is 11.0. The van der Waals surface area contributed by atoms with Crippen LogP contribution in [0, 0.1) is 19.7 Å². The fourth-order valence-corrected chi connectivity index (χ4v) is 4.41. The van der Waals surface area contributed by atoms with Gasteiger partial charge < -0.3 is 20.1 Å². The molecular weight excluding hydrogens is 429 g/mol. The summed E-state index contributed by atoms with van der Waals surface area (Å²) in [6.45, 7) is 11.1. The van der Waals surface area contributed by atoms with Crippen LogP contribution in [-0.2, 0) is 11.2 Å². The quantitative estimate of drug-likeness (QED) is 0.718. The summed E-state index contributed by atoms with van der Waals surface area (Å²) in [6.07, 6.45) is -1.01. The second kappa shape index (κ2) is 8.02. The lowest BCUT2D eigenvalue weighted by Gasteiger charge is -2.35. The van der Waals surface area contributed by atoms with Crippen LogP contribution in [0.2, 0.25) is 0 Å². The molecule has 3 heterocycles. The Kier molecular flexibility index (Phi) is 5.60. The number of ether oxygens (including phenoxy) is 1. The van der Waals surface area contributed by atoms with Crippen molar-refractivity contribution in [1.29, 1.82) is 0 Å². The third kappa shape index (κ3) is 4.15. The van der Waals surface area contributed by atoms with E-state index in [-0.39, 0.29) is 12.4 Å². The Balaban J connectivity index is 1.85. The number of amides is 3. The number of urea groups is 1. The smallest absolute Gasteiger partial charge is 0.410 e. The maximum atomic E-state index is 14.3. The molecule has 2 aromatic rings. The summed E-state index contributed by atoms with van der Waals surface area (Å²) in [7, 11) is 0. The number of hydrogen-bond acceptors (Lipinski definition) is 5. The number of β-amino-alcohol motifs (C(OH)–C–C–N with tert-alkyl or cyclic N) is 1. The summed E-state index contributed by atoms with van der Waals surface area (Å²) < 4.78 is 21.5. The van der Waals surface area contributed by atoms with Gasteiger partial charge in [-0.2, -0.15) is 5.10 Å². The molecular formula is C23H30FN5O4. The largest absolute Gasteiger partial charge is 0.444 e. The van der Waals surface area contributed by atoms with E-state index in [0.717, 1.165) is 5.69 Å². The number of anilines is 1. The molecule has 33 heavy (non-hydrogen) atoms. The summed E-state index contributed by atoms with van der Waals surface area (Å²) in [5.74, 6) is 0.154. The second-order valence-corrected chi connectivity index (χ2v) is 9.66. The number of halogens is 1. The van der Waals surface area contributed by atoms with Crippen molar-refractivity contribution in [3.8, 4) is 5.69 Å². The Bertz CT molecular complexity index is 1100. The van der Waals surface area contributed by atoms with Crippen LogP contribution >= 0.6 is 0 Å². The molecule has 0 bridgehead atoms. The van der Waals surface area contributed by atoms with Gasteiger partial charge in [-0.25, -0.2) is 18.7 Å². The minimum absolute atomic E-state index is 0.0231. The number of nitrogens with one attached hydrogen (secondary N) is 1. The lowest BCUT2D eigenvalue weighted by atomic mass is 9.99. The number of nitrogens with zero attached hydrogens (tertiary/aromatic N) is 4. The van der Waals surface area contributed by atoms with Gasteiger partial charge in [-0.1, -0.05) is 0 Å². The van der Waals surface area contributed by atoms with Crippen molar-refractivity contribution < 1.29 is 23.8 Å². The van der Waals surface area contributed by atoms with Crippen molar-refractivity contribution in [3.05, 3.63) is 40.3 Å². The minimum Gasteiger partial charge on any atom is -0.444 e. The zero-order valence-corrected chi connectivity index (χ0v) is 19.8. The Morgan fingerprint density at radius 1 is 1.27 bits per heavy atom. The highest BCUT2D eigenvalue weighted by atomic mass is 19.1. The molecule has 0 unspecified atom stereocenters. The van der Waals surface area contributed by atoms with Gasteiger partial charge in [0.1, 0.15) is 23.5 Å². The van der Waals surface area contributed by atoms with Gasteiger partial charge in [-0.15, -0.1) is 0 Å². The summed E-state index contributed by atoms with van der Waals surface area (Å²) in [5, 5.41) is 17.3. The molecule has 0 radical (unpaired) electrons. The molecule has 0 saturated carbocycles. The molecule has 1 aromatic carbocycles. The molecule has 1 saturated heterocycles. The second-order valence-electron chi connectivity index (χ2n) is 9.66. The van der Waals surface area contributed by atoms with Gasteiger partial charge in [0, 0.05) is 18.5 Å². The summed E-state index contributed by atoms with van der Waals surface area (Å²) >= 11 is 0. The van der Waals surface area contributed by atoms with Gasteiger partial charge in [0.2, 0.25) is 0 Å². The van der Waals surface area contributed by atoms with Gasteiger partial charge in [-0.3, -0.25) is 4.90 Å². The third-order valence-corrected chi connectivity index (χ3v) is 5.89. The van der Waals surface area contributed by atoms with Crippen LogP contribution in [0.3, 0.4) is 0 Å². The average Bonchev–Trinajstić information content (AvgIpc) is 3.24. The fourth-order valence-electron chi connectivity index (χ4n) is 4.41. The number of aliphatic hydroxyl groups is 1. The van der Waals surface area contributed by atoms with Crippen molar-refractivity contribution in [2.24, 2.45) is 0 Å². The van der Waals surface area contributed by atoms with Crippen LogP contribution < -0.4 is 10.2 Å². The van der Waals surface area contributed by atoms with Crippen LogP contribution in [0.25, 0.3) is 5.69 Å². The van der Waals surface area contributed by atoms with E-state index in [4.69, 9.17) is 9.84 Å². The number of aryl methyl sites for hydroxylation is 2. The molecule has 3 amide bonds. The van der Waals surface area contributed by atoms with E-state index in [9.17, 15) is 19.1 Å². The van der Waals surface area contributed by atoms with Crippen molar-refractivity contribution in [3.63, 3.8) is 0 Å². The Labute approximate surface area is 192 Å². The maximum Gasteiger partial charge on any atom is 0.410 e. The van der Waals surface area contributed by atoms with Gasteiger partial charge in [0.05, 0.1) is 24.0 Å². The van der Waals surface area contributed by atoms with E-state index in [0.29, 0.717) is 41.2 Å². The van der Waals surface area contributed by atoms with Crippen molar-refractivity contribution in [1.82, 2.24) is 20.0 Å². The molecule has 2 N–H and O–H groups in total. The molecule has 2 aliphatic heterocycles. The highest BCUT2D eigenvalue weighted by Gasteiger charge is 2.40. The third-order valence-electron chi connectivity index (χ3n) is 5.89.